The van der Waals surface area contributed by atoms with Crippen molar-refractivity contribution in [2.75, 3.05) is 0 Å². The molecular formula is C6H6ClNO2. The standard InChI is InChI=1S/C6H6ClNO2/c7-6(5(9)10)1-3-8-4-2-6/h1-4,8H,(H,9,10). The summed E-state index contributed by atoms with van der Waals surface area (Å²) in [4.78, 5) is 9.06. The summed E-state index contributed by atoms with van der Waals surface area (Å²) in [5, 5.41) is 11.2. The third-order valence-electron chi connectivity index (χ3n) is 1.17. The van der Waals surface area contributed by atoms with Crippen molar-refractivity contribution >= 4 is 17.6 Å². The summed E-state index contributed by atoms with van der Waals surface area (Å²) in [6.07, 6.45) is 5.72. The van der Waals surface area contributed by atoms with Crippen molar-refractivity contribution in [3.63, 3.8) is 0 Å². The number of aliphatic carboxylic acids is 1. The van der Waals surface area contributed by atoms with Crippen LogP contribution in [0.4, 0.5) is 0 Å². The number of nitrogens with one attached hydrogen (secondary N) is 1. The number of halogens is 1. The quantitative estimate of drug-likeness (QED) is 0.554. The first-order chi connectivity index (χ1) is 4.65. The smallest absolute Gasteiger partial charge is 0.332 e. The first-order valence-electron chi connectivity index (χ1n) is 2.69. The van der Waals surface area contributed by atoms with Crippen LogP contribution in [0.3, 0.4) is 0 Å². The maximum Gasteiger partial charge on any atom is 0.332 e. The van der Waals surface area contributed by atoms with E-state index in [0.29, 0.717) is 0 Å². The molecule has 1 aliphatic rings. The van der Waals surface area contributed by atoms with Crippen molar-refractivity contribution in [1.82, 2.24) is 5.32 Å². The fourth-order valence-electron chi connectivity index (χ4n) is 0.592. The molecule has 0 unspecified atom stereocenters. The zero-order valence-corrected chi connectivity index (χ0v) is 5.80. The molecule has 0 spiro atoms. The van der Waals surface area contributed by atoms with Crippen LogP contribution in [-0.4, -0.2) is 16.0 Å². The number of alkyl halides is 1. The van der Waals surface area contributed by atoms with Gasteiger partial charge < -0.3 is 10.4 Å². The van der Waals surface area contributed by atoms with Crippen LogP contribution in [0.25, 0.3) is 0 Å². The SMILES string of the molecule is O=C(O)C1(Cl)C=CNC=C1. The molecule has 0 aromatic rings. The molecule has 0 fully saturated rings. The van der Waals surface area contributed by atoms with Gasteiger partial charge in [-0.3, -0.25) is 0 Å². The van der Waals surface area contributed by atoms with Gasteiger partial charge in [-0.25, -0.2) is 4.79 Å². The molecule has 3 nitrogen and oxygen atoms in total. The molecule has 1 heterocycles. The molecule has 0 aliphatic carbocycles. The van der Waals surface area contributed by atoms with E-state index >= 15 is 0 Å². The van der Waals surface area contributed by atoms with Crippen LogP contribution in [0.1, 0.15) is 0 Å². The number of hydrogen-bond donors (Lipinski definition) is 2. The fourth-order valence-corrected chi connectivity index (χ4v) is 0.718. The minimum Gasteiger partial charge on any atom is -0.479 e. The molecule has 4 heteroatoms. The van der Waals surface area contributed by atoms with Gasteiger partial charge in [-0.2, -0.15) is 0 Å². The van der Waals surface area contributed by atoms with Crippen molar-refractivity contribution < 1.29 is 9.90 Å². The fraction of sp³-hybridized carbons (Fsp3) is 0.167. The summed E-state index contributed by atoms with van der Waals surface area (Å²) in [7, 11) is 0. The van der Waals surface area contributed by atoms with E-state index in [1.807, 2.05) is 0 Å². The lowest BCUT2D eigenvalue weighted by Crippen LogP contribution is -2.30. The lowest BCUT2D eigenvalue weighted by Gasteiger charge is -2.15. The van der Waals surface area contributed by atoms with Gasteiger partial charge in [0.05, 0.1) is 0 Å². The van der Waals surface area contributed by atoms with Crippen LogP contribution in [0, 0.1) is 0 Å². The Kier molecular flexibility index (Phi) is 1.68. The number of carboxylic acid groups (broad SMARTS) is 1. The van der Waals surface area contributed by atoms with Crippen LogP contribution < -0.4 is 5.32 Å². The Labute approximate surface area is 63.0 Å². The van der Waals surface area contributed by atoms with Gasteiger partial charge in [-0.05, 0) is 24.6 Å². The minimum absolute atomic E-state index is 1.07. The second-order valence-corrected chi connectivity index (χ2v) is 2.53. The highest BCUT2D eigenvalue weighted by Gasteiger charge is 2.30. The highest BCUT2D eigenvalue weighted by atomic mass is 35.5. The summed E-state index contributed by atoms with van der Waals surface area (Å²) in [6.45, 7) is 0. The summed E-state index contributed by atoms with van der Waals surface area (Å²) in [5.41, 5.74) is 0. The highest BCUT2D eigenvalue weighted by Crippen LogP contribution is 2.20. The average molecular weight is 160 g/mol. The van der Waals surface area contributed by atoms with E-state index in [4.69, 9.17) is 16.7 Å². The van der Waals surface area contributed by atoms with Crippen LogP contribution in [0.15, 0.2) is 24.6 Å². The lowest BCUT2D eigenvalue weighted by molar-refractivity contribution is -0.137. The third kappa shape index (κ3) is 1.14. The van der Waals surface area contributed by atoms with Gasteiger partial charge in [0.25, 0.3) is 0 Å². The highest BCUT2D eigenvalue weighted by molar-refractivity contribution is 6.36. The predicted molar refractivity (Wildman–Crippen MR) is 37.6 cm³/mol. The predicted octanol–water partition coefficient (Wildman–Crippen LogP) is 0.679. The number of carbonyl (C=O) groups is 1. The third-order valence-corrected chi connectivity index (χ3v) is 1.59. The molecular weight excluding hydrogens is 154 g/mol. The Balaban J connectivity index is 2.85. The Morgan fingerprint density at radius 3 is 2.30 bits per heavy atom. The molecule has 0 radical (unpaired) electrons. The zero-order chi connectivity index (χ0) is 7.61. The monoisotopic (exact) mass is 159 g/mol. The molecule has 1 aliphatic heterocycles. The van der Waals surface area contributed by atoms with E-state index in [1.54, 1.807) is 0 Å². The molecule has 0 saturated carbocycles. The van der Waals surface area contributed by atoms with Gasteiger partial charge in [0.15, 0.2) is 4.87 Å². The molecule has 2 N–H and O–H groups in total. The van der Waals surface area contributed by atoms with Crippen molar-refractivity contribution in [2.24, 2.45) is 0 Å². The number of carboxylic acids is 1. The first-order valence-corrected chi connectivity index (χ1v) is 3.07. The first kappa shape index (κ1) is 7.15. The van der Waals surface area contributed by atoms with Crippen LogP contribution in [-0.2, 0) is 4.79 Å². The maximum absolute atomic E-state index is 10.4. The number of hydrogen-bond acceptors (Lipinski definition) is 2. The second-order valence-electron chi connectivity index (χ2n) is 1.91. The topological polar surface area (TPSA) is 49.3 Å². The van der Waals surface area contributed by atoms with E-state index in [0.717, 1.165) is 0 Å². The second kappa shape index (κ2) is 2.34. The molecule has 0 saturated heterocycles. The van der Waals surface area contributed by atoms with E-state index < -0.39 is 10.8 Å². The van der Waals surface area contributed by atoms with Crippen LogP contribution in [0.5, 0.6) is 0 Å². The molecule has 0 aromatic carbocycles. The van der Waals surface area contributed by atoms with Crippen molar-refractivity contribution in [1.29, 1.82) is 0 Å². The van der Waals surface area contributed by atoms with E-state index in [-0.39, 0.29) is 0 Å². The molecule has 1 rings (SSSR count). The molecule has 0 atom stereocenters. The summed E-state index contributed by atoms with van der Waals surface area (Å²) in [6, 6.07) is 0. The summed E-state index contributed by atoms with van der Waals surface area (Å²) < 4.78 is 0. The number of rotatable bonds is 1. The van der Waals surface area contributed by atoms with Gasteiger partial charge in [0, 0.05) is 0 Å². The average Bonchev–Trinajstić information content (AvgIpc) is 1.89. The van der Waals surface area contributed by atoms with E-state index in [1.165, 1.54) is 24.6 Å². The maximum atomic E-state index is 10.4. The van der Waals surface area contributed by atoms with Crippen LogP contribution >= 0.6 is 11.6 Å². The normalized spacial score (nSPS) is 20.1. The zero-order valence-electron chi connectivity index (χ0n) is 5.04. The number of dihydropyridines is 1. The van der Waals surface area contributed by atoms with Gasteiger partial charge >= 0.3 is 5.97 Å². The van der Waals surface area contributed by atoms with Crippen molar-refractivity contribution in [3.8, 4) is 0 Å². The Morgan fingerprint density at radius 2 is 2.00 bits per heavy atom. The molecule has 10 heavy (non-hydrogen) atoms. The van der Waals surface area contributed by atoms with Crippen molar-refractivity contribution in [3.05, 3.63) is 24.6 Å². The van der Waals surface area contributed by atoms with Gasteiger partial charge in [0.2, 0.25) is 0 Å². The molecule has 0 amide bonds. The lowest BCUT2D eigenvalue weighted by atomic mass is 10.1. The summed E-state index contributed by atoms with van der Waals surface area (Å²) >= 11 is 5.60. The van der Waals surface area contributed by atoms with Gasteiger partial charge in [0.1, 0.15) is 0 Å². The summed E-state index contributed by atoms with van der Waals surface area (Å²) in [5.74, 6) is -1.07. The Morgan fingerprint density at radius 1 is 1.50 bits per heavy atom. The Hall–Kier alpha value is -0.960. The molecule has 0 bridgehead atoms. The largest absolute Gasteiger partial charge is 0.479 e. The van der Waals surface area contributed by atoms with Gasteiger partial charge in [-0.1, -0.05) is 11.6 Å². The Bertz CT molecular complexity index is 198. The molecule has 0 aromatic heterocycles. The van der Waals surface area contributed by atoms with Crippen LogP contribution in [0.2, 0.25) is 0 Å². The van der Waals surface area contributed by atoms with Crippen molar-refractivity contribution in [2.45, 2.75) is 4.87 Å². The minimum atomic E-state index is -1.36. The molecule has 54 valence electrons. The van der Waals surface area contributed by atoms with Gasteiger partial charge in [-0.15, -0.1) is 0 Å². The van der Waals surface area contributed by atoms with E-state index in [2.05, 4.69) is 5.32 Å². The van der Waals surface area contributed by atoms with E-state index in [9.17, 15) is 4.79 Å².